The summed E-state index contributed by atoms with van der Waals surface area (Å²) in [5.41, 5.74) is 1.69. The lowest BCUT2D eigenvalue weighted by Gasteiger charge is -2.20. The maximum Gasteiger partial charge on any atom is 0.301 e. The second-order valence-corrected chi connectivity index (χ2v) is 10.3. The summed E-state index contributed by atoms with van der Waals surface area (Å²) >= 11 is 4.19. The third-order valence-electron chi connectivity index (χ3n) is 5.11. The molecule has 33 heavy (non-hydrogen) atoms. The lowest BCUT2D eigenvalue weighted by atomic mass is 10.00. The van der Waals surface area contributed by atoms with Crippen LogP contribution in [-0.4, -0.2) is 27.0 Å². The van der Waals surface area contributed by atoms with Gasteiger partial charge in [0.15, 0.2) is 4.34 Å². The molecule has 3 heterocycles. The van der Waals surface area contributed by atoms with Crippen LogP contribution in [0.2, 0.25) is 0 Å². The number of aliphatic hydroxyl groups excluding tert-OH is 1. The largest absolute Gasteiger partial charge is 0.507 e. The van der Waals surface area contributed by atoms with Gasteiger partial charge in [0, 0.05) is 16.2 Å². The van der Waals surface area contributed by atoms with Crippen molar-refractivity contribution >= 4 is 57.0 Å². The van der Waals surface area contributed by atoms with Crippen LogP contribution in [-0.2, 0) is 15.3 Å². The fourth-order valence-corrected chi connectivity index (χ4v) is 6.22. The monoisotopic (exact) mass is 491 g/mol. The van der Waals surface area contributed by atoms with Crippen LogP contribution in [0.5, 0.6) is 0 Å². The summed E-state index contributed by atoms with van der Waals surface area (Å²) in [6.45, 7) is 0. The highest BCUT2D eigenvalue weighted by atomic mass is 32.2. The molecule has 6 nitrogen and oxygen atoms in total. The van der Waals surface area contributed by atoms with Crippen molar-refractivity contribution in [1.29, 1.82) is 0 Å². The number of benzene rings is 2. The van der Waals surface area contributed by atoms with E-state index >= 15 is 0 Å². The number of carbonyl (C=O) groups is 2. The number of nitrogens with zero attached hydrogens (tertiary/aromatic N) is 3. The quantitative estimate of drug-likeness (QED) is 0.126. The van der Waals surface area contributed by atoms with Gasteiger partial charge >= 0.3 is 5.91 Å². The number of ketones is 1. The Balaban J connectivity index is 1.51. The fourth-order valence-electron chi connectivity index (χ4n) is 3.57. The normalized spacial score (nSPS) is 17.6. The summed E-state index contributed by atoms with van der Waals surface area (Å²) in [5, 5.41) is 21.7. The van der Waals surface area contributed by atoms with Crippen LogP contribution in [0.1, 0.15) is 22.0 Å². The molecule has 1 N–H and O–H groups in total. The minimum absolute atomic E-state index is 0.0577. The number of thiophene rings is 1. The average molecular weight is 492 g/mol. The average Bonchev–Trinajstić information content (AvgIpc) is 3.59. The van der Waals surface area contributed by atoms with E-state index in [9.17, 15) is 14.7 Å². The molecule has 2 aromatic carbocycles. The minimum Gasteiger partial charge on any atom is -0.507 e. The Bertz CT molecular complexity index is 1320. The van der Waals surface area contributed by atoms with Gasteiger partial charge in [-0.3, -0.25) is 14.5 Å². The molecular weight excluding hydrogens is 474 g/mol. The third kappa shape index (κ3) is 4.22. The zero-order chi connectivity index (χ0) is 22.8. The first kappa shape index (κ1) is 21.6. The maximum atomic E-state index is 13.1. The summed E-state index contributed by atoms with van der Waals surface area (Å²) in [4.78, 5) is 28.3. The number of hydrogen-bond donors (Lipinski definition) is 1. The molecule has 1 atom stereocenters. The molecule has 1 amide bonds. The van der Waals surface area contributed by atoms with Gasteiger partial charge in [-0.1, -0.05) is 89.8 Å². The SMILES string of the molecule is O=C1C(=O)N(c2nnc(SCc3ccccc3)s2)C(c2cccs2)C1=C(O)c1ccccc1. The molecule has 0 aliphatic carbocycles. The Morgan fingerprint density at radius 1 is 0.970 bits per heavy atom. The van der Waals surface area contributed by atoms with E-state index in [0.29, 0.717) is 15.0 Å². The zero-order valence-corrected chi connectivity index (χ0v) is 19.6. The van der Waals surface area contributed by atoms with E-state index in [1.165, 1.54) is 39.3 Å². The number of carbonyl (C=O) groups excluding carboxylic acids is 2. The lowest BCUT2D eigenvalue weighted by Crippen LogP contribution is -2.29. The van der Waals surface area contributed by atoms with Crippen molar-refractivity contribution in [2.75, 3.05) is 4.90 Å². The Morgan fingerprint density at radius 3 is 2.39 bits per heavy atom. The van der Waals surface area contributed by atoms with E-state index in [0.717, 1.165) is 16.2 Å². The topological polar surface area (TPSA) is 83.4 Å². The molecule has 0 saturated carbocycles. The van der Waals surface area contributed by atoms with Gasteiger partial charge in [0.2, 0.25) is 5.13 Å². The molecule has 0 spiro atoms. The third-order valence-corrected chi connectivity index (χ3v) is 8.16. The summed E-state index contributed by atoms with van der Waals surface area (Å²) in [5.74, 6) is -0.931. The molecule has 4 aromatic rings. The molecule has 2 aromatic heterocycles. The van der Waals surface area contributed by atoms with Gasteiger partial charge in [-0.15, -0.1) is 21.5 Å². The van der Waals surface area contributed by atoms with Crippen molar-refractivity contribution in [2.45, 2.75) is 16.1 Å². The molecule has 0 radical (unpaired) electrons. The molecule has 9 heteroatoms. The summed E-state index contributed by atoms with van der Waals surface area (Å²) in [6.07, 6.45) is 0. The smallest absolute Gasteiger partial charge is 0.301 e. The van der Waals surface area contributed by atoms with E-state index in [4.69, 9.17) is 0 Å². The molecule has 0 bridgehead atoms. The molecule has 1 unspecified atom stereocenters. The van der Waals surface area contributed by atoms with Gasteiger partial charge in [-0.05, 0) is 17.0 Å². The van der Waals surface area contributed by atoms with E-state index in [1.807, 2.05) is 53.9 Å². The molecule has 1 aliphatic rings. The Kier molecular flexibility index (Phi) is 6.08. The van der Waals surface area contributed by atoms with Crippen molar-refractivity contribution in [1.82, 2.24) is 10.2 Å². The predicted octanol–water partition coefficient (Wildman–Crippen LogP) is 5.52. The predicted molar refractivity (Wildman–Crippen MR) is 131 cm³/mol. The van der Waals surface area contributed by atoms with E-state index in [2.05, 4.69) is 10.2 Å². The fraction of sp³-hybridized carbons (Fsp3) is 0.0833. The first-order chi connectivity index (χ1) is 16.1. The van der Waals surface area contributed by atoms with E-state index < -0.39 is 17.7 Å². The summed E-state index contributed by atoms with van der Waals surface area (Å²) in [7, 11) is 0. The van der Waals surface area contributed by atoms with Crippen LogP contribution in [0.3, 0.4) is 0 Å². The second-order valence-electron chi connectivity index (χ2n) is 7.18. The first-order valence-electron chi connectivity index (χ1n) is 10.0. The Hall–Kier alpha value is -3.27. The van der Waals surface area contributed by atoms with Gasteiger partial charge < -0.3 is 5.11 Å². The van der Waals surface area contributed by atoms with E-state index in [-0.39, 0.29) is 11.3 Å². The van der Waals surface area contributed by atoms with Gasteiger partial charge in [0.05, 0.1) is 5.57 Å². The first-order valence-corrected chi connectivity index (χ1v) is 12.7. The number of aliphatic hydroxyl groups is 1. The van der Waals surface area contributed by atoms with Crippen molar-refractivity contribution in [2.24, 2.45) is 0 Å². The number of hydrogen-bond acceptors (Lipinski definition) is 8. The number of Topliss-reactive ketones (excluding diaryl/α,β-unsaturated/α-hetero) is 1. The molecule has 1 aliphatic heterocycles. The number of rotatable bonds is 6. The molecule has 1 saturated heterocycles. The highest BCUT2D eigenvalue weighted by molar-refractivity contribution is 8.00. The molecule has 1 fully saturated rings. The van der Waals surface area contributed by atoms with Crippen molar-refractivity contribution in [3.63, 3.8) is 0 Å². The minimum atomic E-state index is -0.759. The highest BCUT2D eigenvalue weighted by Gasteiger charge is 2.48. The maximum absolute atomic E-state index is 13.1. The van der Waals surface area contributed by atoms with Crippen molar-refractivity contribution in [3.05, 3.63) is 99.8 Å². The van der Waals surface area contributed by atoms with Gasteiger partial charge in [0.1, 0.15) is 11.8 Å². The van der Waals surface area contributed by atoms with Crippen molar-refractivity contribution in [3.8, 4) is 0 Å². The number of anilines is 1. The molecule has 164 valence electrons. The summed E-state index contributed by atoms with van der Waals surface area (Å²) in [6, 6.07) is 21.7. The molecule has 5 rings (SSSR count). The van der Waals surface area contributed by atoms with Crippen LogP contribution in [0, 0.1) is 0 Å². The van der Waals surface area contributed by atoms with Crippen LogP contribution < -0.4 is 4.90 Å². The Labute approximate surface area is 202 Å². The van der Waals surface area contributed by atoms with Gasteiger partial charge in [0.25, 0.3) is 5.78 Å². The number of thioether (sulfide) groups is 1. The summed E-state index contributed by atoms with van der Waals surface area (Å²) < 4.78 is 0.698. The zero-order valence-electron chi connectivity index (χ0n) is 17.1. The number of amides is 1. The standard InChI is InChI=1S/C24H17N3O3S3/c28-20(16-10-5-2-6-11-16)18-19(17-12-7-13-31-17)27(22(30)21(18)29)23-25-26-24(33-23)32-14-15-8-3-1-4-9-15/h1-13,19,28H,14H2. The van der Waals surface area contributed by atoms with Crippen LogP contribution in [0.15, 0.2) is 88.1 Å². The molecular formula is C24H17N3O3S3. The highest BCUT2D eigenvalue weighted by Crippen LogP contribution is 2.45. The van der Waals surface area contributed by atoms with Crippen LogP contribution in [0.4, 0.5) is 5.13 Å². The second kappa shape index (κ2) is 9.30. The Morgan fingerprint density at radius 2 is 1.70 bits per heavy atom. The van der Waals surface area contributed by atoms with Gasteiger partial charge in [-0.25, -0.2) is 0 Å². The van der Waals surface area contributed by atoms with Crippen LogP contribution >= 0.6 is 34.4 Å². The van der Waals surface area contributed by atoms with Crippen molar-refractivity contribution < 1.29 is 14.7 Å². The lowest BCUT2D eigenvalue weighted by molar-refractivity contribution is -0.132. The van der Waals surface area contributed by atoms with Gasteiger partial charge in [-0.2, -0.15) is 0 Å². The van der Waals surface area contributed by atoms with Crippen LogP contribution in [0.25, 0.3) is 5.76 Å². The number of aromatic nitrogens is 2. The van der Waals surface area contributed by atoms with E-state index in [1.54, 1.807) is 24.3 Å².